The standard InChI is InChI=1S/C13H14ClF3N2O2/c14-9-4-8(13(15,16)17)6-18-11(9)19-7-12(2-1-3-12)5-10(20)21/h4,6H,1-3,5,7H2,(H,18,19)(H,20,21). The molecule has 0 spiro atoms. The van der Waals surface area contributed by atoms with E-state index in [0.29, 0.717) is 12.7 Å². The molecule has 0 atom stereocenters. The molecule has 1 aromatic rings. The first-order chi connectivity index (χ1) is 9.72. The Bertz CT molecular complexity index is 545. The summed E-state index contributed by atoms with van der Waals surface area (Å²) in [5, 5.41) is 11.6. The minimum absolute atomic E-state index is 0.0260. The van der Waals surface area contributed by atoms with E-state index in [-0.39, 0.29) is 22.7 Å². The number of carboxylic acid groups (broad SMARTS) is 1. The second-order valence-corrected chi connectivity index (χ2v) is 5.74. The Morgan fingerprint density at radius 1 is 1.48 bits per heavy atom. The van der Waals surface area contributed by atoms with Crippen molar-refractivity contribution in [1.82, 2.24) is 4.98 Å². The molecular weight excluding hydrogens is 309 g/mol. The number of halogens is 4. The molecule has 0 aliphatic heterocycles. The van der Waals surface area contributed by atoms with Gasteiger partial charge in [-0.05, 0) is 24.3 Å². The summed E-state index contributed by atoms with van der Waals surface area (Å²) in [6, 6.07) is 0.807. The number of anilines is 1. The third-order valence-corrected chi connectivity index (χ3v) is 4.03. The van der Waals surface area contributed by atoms with Crippen molar-refractivity contribution in [3.63, 3.8) is 0 Å². The molecule has 1 aliphatic carbocycles. The average Bonchev–Trinajstić information content (AvgIpc) is 2.32. The van der Waals surface area contributed by atoms with E-state index in [0.717, 1.165) is 25.3 Å². The Balaban J connectivity index is 2.05. The van der Waals surface area contributed by atoms with Crippen molar-refractivity contribution in [1.29, 1.82) is 0 Å². The number of hydrogen-bond donors (Lipinski definition) is 2. The molecule has 116 valence electrons. The lowest BCUT2D eigenvalue weighted by Gasteiger charge is -2.41. The number of hydrogen-bond acceptors (Lipinski definition) is 3. The van der Waals surface area contributed by atoms with E-state index in [4.69, 9.17) is 16.7 Å². The molecule has 1 heterocycles. The van der Waals surface area contributed by atoms with Crippen molar-refractivity contribution in [2.24, 2.45) is 5.41 Å². The van der Waals surface area contributed by atoms with E-state index in [1.807, 2.05) is 0 Å². The SMILES string of the molecule is O=C(O)CC1(CNc2ncc(C(F)(F)F)cc2Cl)CCC1. The van der Waals surface area contributed by atoms with E-state index < -0.39 is 17.7 Å². The fourth-order valence-electron chi connectivity index (χ4n) is 2.41. The molecule has 0 bridgehead atoms. The summed E-state index contributed by atoms with van der Waals surface area (Å²) >= 11 is 5.79. The summed E-state index contributed by atoms with van der Waals surface area (Å²) < 4.78 is 37.5. The lowest BCUT2D eigenvalue weighted by Crippen LogP contribution is -2.38. The van der Waals surface area contributed by atoms with Crippen LogP contribution in [0.5, 0.6) is 0 Å². The highest BCUT2D eigenvalue weighted by molar-refractivity contribution is 6.32. The number of pyridine rings is 1. The van der Waals surface area contributed by atoms with Crippen LogP contribution in [0.2, 0.25) is 5.02 Å². The van der Waals surface area contributed by atoms with Gasteiger partial charge in [-0.2, -0.15) is 13.2 Å². The highest BCUT2D eigenvalue weighted by atomic mass is 35.5. The van der Waals surface area contributed by atoms with Crippen LogP contribution in [0.3, 0.4) is 0 Å². The van der Waals surface area contributed by atoms with Gasteiger partial charge in [0.25, 0.3) is 0 Å². The Labute approximate surface area is 124 Å². The fourth-order valence-corrected chi connectivity index (χ4v) is 2.64. The number of alkyl halides is 3. The fraction of sp³-hybridized carbons (Fsp3) is 0.538. The van der Waals surface area contributed by atoms with Crippen LogP contribution in [0, 0.1) is 5.41 Å². The monoisotopic (exact) mass is 322 g/mol. The molecular formula is C13H14ClF3N2O2. The highest BCUT2D eigenvalue weighted by Gasteiger charge is 2.39. The number of carbonyl (C=O) groups is 1. The van der Waals surface area contributed by atoms with Crippen molar-refractivity contribution >= 4 is 23.4 Å². The lowest BCUT2D eigenvalue weighted by atomic mass is 9.66. The van der Waals surface area contributed by atoms with Gasteiger partial charge in [0.15, 0.2) is 0 Å². The van der Waals surface area contributed by atoms with Gasteiger partial charge < -0.3 is 10.4 Å². The molecule has 1 saturated carbocycles. The number of aromatic nitrogens is 1. The summed E-state index contributed by atoms with van der Waals surface area (Å²) in [5.41, 5.74) is -1.28. The number of nitrogens with zero attached hydrogens (tertiary/aromatic N) is 1. The van der Waals surface area contributed by atoms with Crippen LogP contribution in [0.1, 0.15) is 31.2 Å². The maximum Gasteiger partial charge on any atom is 0.417 e. The van der Waals surface area contributed by atoms with Crippen LogP contribution in [-0.4, -0.2) is 22.6 Å². The number of carboxylic acids is 1. The zero-order chi connectivity index (χ0) is 15.7. The van der Waals surface area contributed by atoms with E-state index in [2.05, 4.69) is 10.3 Å². The molecule has 21 heavy (non-hydrogen) atoms. The van der Waals surface area contributed by atoms with Crippen molar-refractivity contribution in [2.45, 2.75) is 31.9 Å². The molecule has 1 aromatic heterocycles. The van der Waals surface area contributed by atoms with Gasteiger partial charge in [0.05, 0.1) is 17.0 Å². The molecule has 2 N–H and O–H groups in total. The van der Waals surface area contributed by atoms with Crippen LogP contribution in [-0.2, 0) is 11.0 Å². The normalized spacial score (nSPS) is 17.1. The molecule has 1 aliphatic rings. The van der Waals surface area contributed by atoms with Gasteiger partial charge in [-0.25, -0.2) is 4.98 Å². The zero-order valence-corrected chi connectivity index (χ0v) is 11.8. The van der Waals surface area contributed by atoms with Gasteiger partial charge in [0, 0.05) is 12.7 Å². The Morgan fingerprint density at radius 3 is 2.57 bits per heavy atom. The molecule has 0 amide bonds. The maximum absolute atomic E-state index is 12.5. The first kappa shape index (κ1) is 15.9. The maximum atomic E-state index is 12.5. The summed E-state index contributed by atoms with van der Waals surface area (Å²) in [6.07, 6.45) is -1.27. The third-order valence-electron chi connectivity index (χ3n) is 3.74. The van der Waals surface area contributed by atoms with Gasteiger partial charge in [0.2, 0.25) is 0 Å². The van der Waals surface area contributed by atoms with E-state index >= 15 is 0 Å². The molecule has 0 saturated heterocycles. The van der Waals surface area contributed by atoms with Crippen molar-refractivity contribution < 1.29 is 23.1 Å². The molecule has 0 unspecified atom stereocenters. The second-order valence-electron chi connectivity index (χ2n) is 5.33. The molecule has 4 nitrogen and oxygen atoms in total. The minimum Gasteiger partial charge on any atom is -0.481 e. The highest BCUT2D eigenvalue weighted by Crippen LogP contribution is 2.44. The van der Waals surface area contributed by atoms with E-state index in [1.165, 1.54) is 0 Å². The van der Waals surface area contributed by atoms with Crippen LogP contribution in [0.4, 0.5) is 19.0 Å². The molecule has 0 aromatic carbocycles. The van der Waals surface area contributed by atoms with Crippen LogP contribution in [0.15, 0.2) is 12.3 Å². The average molecular weight is 323 g/mol. The predicted molar refractivity (Wildman–Crippen MR) is 71.3 cm³/mol. The Kier molecular flexibility index (Phi) is 4.32. The third kappa shape index (κ3) is 3.78. The summed E-state index contributed by atoms with van der Waals surface area (Å²) in [6.45, 7) is 0.331. The van der Waals surface area contributed by atoms with Crippen LogP contribution >= 0.6 is 11.6 Å². The summed E-state index contributed by atoms with van der Waals surface area (Å²) in [4.78, 5) is 14.5. The summed E-state index contributed by atoms with van der Waals surface area (Å²) in [5.74, 6) is -0.746. The number of nitrogens with one attached hydrogen (secondary N) is 1. The van der Waals surface area contributed by atoms with Gasteiger partial charge >= 0.3 is 12.1 Å². The van der Waals surface area contributed by atoms with Gasteiger partial charge in [-0.3, -0.25) is 4.79 Å². The van der Waals surface area contributed by atoms with E-state index in [1.54, 1.807) is 0 Å². The number of aliphatic carboxylic acids is 1. The van der Waals surface area contributed by atoms with E-state index in [9.17, 15) is 18.0 Å². The van der Waals surface area contributed by atoms with Crippen LogP contribution < -0.4 is 5.32 Å². The smallest absolute Gasteiger partial charge is 0.417 e. The first-order valence-corrected chi connectivity index (χ1v) is 6.78. The molecule has 0 radical (unpaired) electrons. The second kappa shape index (κ2) is 5.71. The largest absolute Gasteiger partial charge is 0.481 e. The molecule has 8 heteroatoms. The summed E-state index contributed by atoms with van der Waals surface area (Å²) in [7, 11) is 0. The Hall–Kier alpha value is -1.50. The van der Waals surface area contributed by atoms with Crippen molar-refractivity contribution in [3.8, 4) is 0 Å². The first-order valence-electron chi connectivity index (χ1n) is 6.40. The zero-order valence-electron chi connectivity index (χ0n) is 11.0. The van der Waals surface area contributed by atoms with Crippen molar-refractivity contribution in [2.75, 3.05) is 11.9 Å². The molecule has 2 rings (SSSR count). The van der Waals surface area contributed by atoms with Gasteiger partial charge in [-0.15, -0.1) is 0 Å². The molecule has 1 fully saturated rings. The lowest BCUT2D eigenvalue weighted by molar-refractivity contribution is -0.141. The number of rotatable bonds is 5. The topological polar surface area (TPSA) is 62.2 Å². The van der Waals surface area contributed by atoms with Gasteiger partial charge in [-0.1, -0.05) is 18.0 Å². The van der Waals surface area contributed by atoms with Crippen molar-refractivity contribution in [3.05, 3.63) is 22.8 Å². The van der Waals surface area contributed by atoms with Gasteiger partial charge in [0.1, 0.15) is 5.82 Å². The Morgan fingerprint density at radius 2 is 2.14 bits per heavy atom. The quantitative estimate of drug-likeness (QED) is 0.865. The van der Waals surface area contributed by atoms with Crippen LogP contribution in [0.25, 0.3) is 0 Å². The minimum atomic E-state index is -4.49. The predicted octanol–water partition coefficient (Wildman–Crippen LogP) is 3.81.